The van der Waals surface area contributed by atoms with Gasteiger partial charge in [0.05, 0.1) is 29.4 Å². The Morgan fingerprint density at radius 2 is 2.05 bits per heavy atom. The van der Waals surface area contributed by atoms with Gasteiger partial charge in [-0.05, 0) is 6.07 Å². The lowest BCUT2D eigenvalue weighted by atomic mass is 10.2. The number of halogens is 1. The van der Waals surface area contributed by atoms with E-state index in [2.05, 4.69) is 15.0 Å². The average molecular weight is 289 g/mol. The number of ether oxygens (including phenoxy) is 1. The molecule has 0 saturated carbocycles. The quantitative estimate of drug-likeness (QED) is 0.677. The van der Waals surface area contributed by atoms with E-state index in [4.69, 9.17) is 16.3 Å². The molecule has 0 aromatic carbocycles. The van der Waals surface area contributed by atoms with E-state index in [0.29, 0.717) is 27.4 Å². The van der Waals surface area contributed by atoms with Crippen LogP contribution in [-0.2, 0) is 4.74 Å². The number of fused-ring (bicyclic) bond motifs is 1. The first-order valence-corrected chi connectivity index (χ1v) is 6.10. The second-order valence-corrected chi connectivity index (χ2v) is 4.38. The summed E-state index contributed by atoms with van der Waals surface area (Å²) in [6.45, 7) is 0. The van der Waals surface area contributed by atoms with E-state index >= 15 is 0 Å². The third kappa shape index (κ3) is 1.90. The van der Waals surface area contributed by atoms with Gasteiger partial charge in [-0.25, -0.2) is 14.8 Å². The predicted molar refractivity (Wildman–Crippen MR) is 73.0 cm³/mol. The van der Waals surface area contributed by atoms with Crippen LogP contribution in [0.5, 0.6) is 0 Å². The predicted octanol–water partition coefficient (Wildman–Crippen LogP) is 2.26. The number of esters is 1. The molecule has 3 rings (SSSR count). The molecule has 3 aromatic rings. The fraction of sp³-hybridized carbons (Fsp3) is 0.0769. The molecule has 3 aromatic heterocycles. The number of nitrogens with zero attached hydrogens (tertiary/aromatic N) is 4. The molecule has 0 bridgehead atoms. The van der Waals surface area contributed by atoms with E-state index < -0.39 is 5.97 Å². The summed E-state index contributed by atoms with van der Waals surface area (Å²) in [5, 5.41) is 0.943. The Hall–Kier alpha value is -2.47. The van der Waals surface area contributed by atoms with Crippen LogP contribution in [0.1, 0.15) is 10.4 Å². The summed E-state index contributed by atoms with van der Waals surface area (Å²) in [6.07, 6.45) is 7.91. The molecule has 0 unspecified atom stereocenters. The van der Waals surface area contributed by atoms with Crippen LogP contribution < -0.4 is 0 Å². The number of pyridine rings is 1. The highest BCUT2D eigenvalue weighted by molar-refractivity contribution is 6.36. The first-order chi connectivity index (χ1) is 9.72. The van der Waals surface area contributed by atoms with Gasteiger partial charge >= 0.3 is 5.97 Å². The lowest BCUT2D eigenvalue weighted by Gasteiger charge is -2.01. The minimum absolute atomic E-state index is 0.349. The maximum absolute atomic E-state index is 11.9. The average Bonchev–Trinajstić information content (AvgIpc) is 2.88. The molecule has 0 aliphatic heterocycles. The normalized spacial score (nSPS) is 10.7. The highest BCUT2D eigenvalue weighted by Gasteiger charge is 2.19. The smallest absolute Gasteiger partial charge is 0.340 e. The molecule has 0 atom stereocenters. The number of aromatic nitrogens is 4. The zero-order chi connectivity index (χ0) is 14.1. The van der Waals surface area contributed by atoms with E-state index in [-0.39, 0.29) is 0 Å². The molecule has 20 heavy (non-hydrogen) atoms. The summed E-state index contributed by atoms with van der Waals surface area (Å²) in [5.74, 6) is -0.0468. The maximum atomic E-state index is 11.9. The first-order valence-electron chi connectivity index (χ1n) is 5.72. The van der Waals surface area contributed by atoms with Crippen LogP contribution in [0.15, 0.2) is 37.1 Å². The third-order valence-electron chi connectivity index (χ3n) is 2.84. The van der Waals surface area contributed by atoms with Gasteiger partial charge in [0.15, 0.2) is 0 Å². The van der Waals surface area contributed by atoms with Crippen LogP contribution in [0, 0.1) is 0 Å². The molecule has 7 heteroatoms. The summed E-state index contributed by atoms with van der Waals surface area (Å²) in [7, 11) is 1.32. The van der Waals surface area contributed by atoms with Crippen molar-refractivity contribution in [2.75, 3.05) is 7.11 Å². The Morgan fingerprint density at radius 3 is 2.75 bits per heavy atom. The number of methoxy groups -OCH3 is 1. The van der Waals surface area contributed by atoms with E-state index in [1.165, 1.54) is 13.3 Å². The van der Waals surface area contributed by atoms with E-state index in [1.54, 1.807) is 35.4 Å². The SMILES string of the molecule is COC(=O)c1cn(-c2ncccn2)c2cncc(Cl)c12. The van der Waals surface area contributed by atoms with E-state index in [0.717, 1.165) is 0 Å². The Kier molecular flexibility index (Phi) is 3.08. The minimum atomic E-state index is -0.474. The Bertz CT molecular complexity index is 786. The van der Waals surface area contributed by atoms with Crippen molar-refractivity contribution in [3.63, 3.8) is 0 Å². The van der Waals surface area contributed by atoms with Crippen molar-refractivity contribution in [2.45, 2.75) is 0 Å². The third-order valence-corrected chi connectivity index (χ3v) is 3.13. The highest BCUT2D eigenvalue weighted by atomic mass is 35.5. The fourth-order valence-electron chi connectivity index (χ4n) is 1.98. The van der Waals surface area contributed by atoms with Gasteiger partial charge in [-0.2, -0.15) is 0 Å². The summed E-state index contributed by atoms with van der Waals surface area (Å²) in [5.41, 5.74) is 0.992. The van der Waals surface area contributed by atoms with E-state index in [1.807, 2.05) is 0 Å². The summed E-state index contributed by atoms with van der Waals surface area (Å²) in [4.78, 5) is 24.2. The van der Waals surface area contributed by atoms with Gasteiger partial charge in [-0.15, -0.1) is 0 Å². The van der Waals surface area contributed by atoms with Crippen molar-refractivity contribution in [1.29, 1.82) is 0 Å². The molecule has 0 radical (unpaired) electrons. The molecular weight excluding hydrogens is 280 g/mol. The van der Waals surface area contributed by atoms with Gasteiger partial charge in [0, 0.05) is 30.2 Å². The van der Waals surface area contributed by atoms with Crippen LogP contribution in [0.3, 0.4) is 0 Å². The Morgan fingerprint density at radius 1 is 1.30 bits per heavy atom. The second kappa shape index (κ2) is 4.90. The zero-order valence-electron chi connectivity index (χ0n) is 10.4. The minimum Gasteiger partial charge on any atom is -0.465 e. The van der Waals surface area contributed by atoms with Crippen LogP contribution in [0.2, 0.25) is 5.02 Å². The van der Waals surface area contributed by atoms with Crippen molar-refractivity contribution in [3.05, 3.63) is 47.6 Å². The summed E-state index contributed by atoms with van der Waals surface area (Å²) in [6, 6.07) is 1.71. The molecule has 0 aliphatic rings. The molecule has 100 valence electrons. The number of hydrogen-bond donors (Lipinski definition) is 0. The molecule has 0 aliphatic carbocycles. The highest BCUT2D eigenvalue weighted by Crippen LogP contribution is 2.29. The van der Waals surface area contributed by atoms with Crippen molar-refractivity contribution in [2.24, 2.45) is 0 Å². The molecule has 6 nitrogen and oxygen atoms in total. The van der Waals surface area contributed by atoms with Crippen molar-refractivity contribution >= 4 is 28.5 Å². The number of carbonyl (C=O) groups excluding carboxylic acids is 1. The van der Waals surface area contributed by atoms with Gasteiger partial charge < -0.3 is 4.74 Å². The molecule has 0 N–H and O–H groups in total. The maximum Gasteiger partial charge on any atom is 0.340 e. The van der Waals surface area contributed by atoms with Crippen molar-refractivity contribution < 1.29 is 9.53 Å². The molecule has 0 saturated heterocycles. The van der Waals surface area contributed by atoms with Crippen LogP contribution in [-0.4, -0.2) is 32.6 Å². The van der Waals surface area contributed by atoms with Crippen molar-refractivity contribution in [1.82, 2.24) is 19.5 Å². The fourth-order valence-corrected chi connectivity index (χ4v) is 2.24. The van der Waals surface area contributed by atoms with Gasteiger partial charge in [0.25, 0.3) is 0 Å². The zero-order valence-corrected chi connectivity index (χ0v) is 11.2. The van der Waals surface area contributed by atoms with Gasteiger partial charge in [-0.1, -0.05) is 11.6 Å². The Balaban J connectivity index is 2.35. The van der Waals surface area contributed by atoms with Crippen LogP contribution in [0.4, 0.5) is 0 Å². The van der Waals surface area contributed by atoms with Crippen LogP contribution >= 0.6 is 11.6 Å². The Labute approximate surface area is 119 Å². The van der Waals surface area contributed by atoms with Crippen LogP contribution in [0.25, 0.3) is 16.9 Å². The number of carbonyl (C=O) groups is 1. The summed E-state index contributed by atoms with van der Waals surface area (Å²) >= 11 is 6.14. The van der Waals surface area contributed by atoms with Crippen molar-refractivity contribution in [3.8, 4) is 5.95 Å². The largest absolute Gasteiger partial charge is 0.465 e. The monoisotopic (exact) mass is 288 g/mol. The second-order valence-electron chi connectivity index (χ2n) is 3.97. The number of rotatable bonds is 2. The lowest BCUT2D eigenvalue weighted by Crippen LogP contribution is -2.01. The molecule has 3 heterocycles. The molecule has 0 fully saturated rings. The standard InChI is InChI=1S/C13H9ClN4O2/c1-20-12(19)8-7-18(13-16-3-2-4-17-13)10-6-15-5-9(14)11(8)10/h2-7H,1H3. The number of hydrogen-bond acceptors (Lipinski definition) is 5. The summed E-state index contributed by atoms with van der Waals surface area (Å²) < 4.78 is 6.43. The van der Waals surface area contributed by atoms with Gasteiger partial charge in [-0.3, -0.25) is 9.55 Å². The molecule has 0 amide bonds. The van der Waals surface area contributed by atoms with E-state index in [9.17, 15) is 4.79 Å². The lowest BCUT2D eigenvalue weighted by molar-refractivity contribution is 0.0603. The molecule has 0 spiro atoms. The van der Waals surface area contributed by atoms with Gasteiger partial charge in [0.2, 0.25) is 5.95 Å². The van der Waals surface area contributed by atoms with Gasteiger partial charge in [0.1, 0.15) is 0 Å². The first kappa shape index (κ1) is 12.6. The molecular formula is C13H9ClN4O2. The topological polar surface area (TPSA) is 69.9 Å².